The van der Waals surface area contributed by atoms with E-state index in [0.29, 0.717) is 0 Å². The summed E-state index contributed by atoms with van der Waals surface area (Å²) in [6.07, 6.45) is 0. The third-order valence-corrected chi connectivity index (χ3v) is 7.74. The molecule has 2 heteroatoms. The molecule has 0 saturated carbocycles. The van der Waals surface area contributed by atoms with E-state index in [-0.39, 0.29) is 0 Å². The molecule has 1 heterocycles. The third kappa shape index (κ3) is 3.58. The average molecular weight is 513 g/mol. The maximum atomic E-state index is 6.51. The number of hydrogen-bond donors (Lipinski definition) is 0. The van der Waals surface area contributed by atoms with Gasteiger partial charge < -0.3 is 9.47 Å². The standard InChI is InChI=1S/C38H24O2/c1-2-11-25(12-3-1)26-21-23-27(24-22-26)36-28-13-4-6-15-30(28)37(31-16-7-5-14-29(31)36)32-17-10-20-35-38(32)40-34-19-9-8-18-33(34)39-35/h1-24H. The van der Waals surface area contributed by atoms with Gasteiger partial charge in [0.2, 0.25) is 0 Å². The van der Waals surface area contributed by atoms with E-state index in [0.717, 1.165) is 34.1 Å². The van der Waals surface area contributed by atoms with Gasteiger partial charge in [0.05, 0.1) is 0 Å². The molecule has 7 aromatic carbocycles. The van der Waals surface area contributed by atoms with Crippen LogP contribution in [-0.2, 0) is 0 Å². The zero-order valence-electron chi connectivity index (χ0n) is 21.7. The quantitative estimate of drug-likeness (QED) is 0.219. The first kappa shape index (κ1) is 22.6. The number of hydrogen-bond acceptors (Lipinski definition) is 2. The highest BCUT2D eigenvalue weighted by molar-refractivity contribution is 6.22. The molecule has 1 aliphatic rings. The summed E-state index contributed by atoms with van der Waals surface area (Å²) in [5.41, 5.74) is 7.03. The number of para-hydroxylation sites is 3. The second-order valence-electron chi connectivity index (χ2n) is 10.1. The molecule has 2 nitrogen and oxygen atoms in total. The zero-order chi connectivity index (χ0) is 26.5. The minimum Gasteiger partial charge on any atom is -0.449 e. The highest BCUT2D eigenvalue weighted by atomic mass is 16.6. The summed E-state index contributed by atoms with van der Waals surface area (Å²) < 4.78 is 12.8. The fraction of sp³-hybridized carbons (Fsp3) is 0. The summed E-state index contributed by atoms with van der Waals surface area (Å²) in [6.45, 7) is 0. The van der Waals surface area contributed by atoms with Crippen molar-refractivity contribution in [2.45, 2.75) is 0 Å². The fourth-order valence-electron chi connectivity index (χ4n) is 5.94. The molecule has 0 unspecified atom stereocenters. The summed E-state index contributed by atoms with van der Waals surface area (Å²) in [5.74, 6) is 2.93. The molecule has 0 aromatic heterocycles. The number of rotatable bonds is 3. The van der Waals surface area contributed by atoms with Crippen LogP contribution >= 0.6 is 0 Å². The van der Waals surface area contributed by atoms with Crippen LogP contribution in [-0.4, -0.2) is 0 Å². The maximum absolute atomic E-state index is 6.51. The van der Waals surface area contributed by atoms with E-state index in [1.54, 1.807) is 0 Å². The van der Waals surface area contributed by atoms with Crippen molar-refractivity contribution in [3.05, 3.63) is 146 Å². The molecule has 0 amide bonds. The van der Waals surface area contributed by atoms with Crippen molar-refractivity contribution >= 4 is 21.5 Å². The summed E-state index contributed by atoms with van der Waals surface area (Å²) in [6, 6.07) is 50.8. The third-order valence-electron chi connectivity index (χ3n) is 7.74. The molecule has 0 N–H and O–H groups in total. The van der Waals surface area contributed by atoms with E-state index < -0.39 is 0 Å². The van der Waals surface area contributed by atoms with Gasteiger partial charge in [0.15, 0.2) is 23.0 Å². The van der Waals surface area contributed by atoms with Crippen LogP contribution < -0.4 is 9.47 Å². The Morgan fingerprint density at radius 2 is 0.775 bits per heavy atom. The molecule has 0 atom stereocenters. The van der Waals surface area contributed by atoms with Gasteiger partial charge in [0.1, 0.15) is 0 Å². The molecule has 0 fully saturated rings. The van der Waals surface area contributed by atoms with Crippen molar-refractivity contribution in [3.63, 3.8) is 0 Å². The van der Waals surface area contributed by atoms with Crippen LogP contribution in [0, 0.1) is 0 Å². The summed E-state index contributed by atoms with van der Waals surface area (Å²) in [7, 11) is 0. The Kier molecular flexibility index (Phi) is 5.17. The Hall–Kier alpha value is -5.34. The Morgan fingerprint density at radius 1 is 0.300 bits per heavy atom. The average Bonchev–Trinajstić information content (AvgIpc) is 3.03. The molecule has 0 saturated heterocycles. The van der Waals surface area contributed by atoms with Gasteiger partial charge in [-0.25, -0.2) is 0 Å². The van der Waals surface area contributed by atoms with Crippen molar-refractivity contribution in [2.75, 3.05) is 0 Å². The molecule has 8 rings (SSSR count). The number of fused-ring (bicyclic) bond motifs is 4. The van der Waals surface area contributed by atoms with E-state index in [2.05, 4.69) is 109 Å². The number of ether oxygens (including phenoxy) is 2. The molecular weight excluding hydrogens is 488 g/mol. The van der Waals surface area contributed by atoms with E-state index in [9.17, 15) is 0 Å². The highest BCUT2D eigenvalue weighted by Crippen LogP contribution is 2.52. The van der Waals surface area contributed by atoms with Crippen LogP contribution in [0.5, 0.6) is 23.0 Å². The Balaban J connectivity index is 1.38. The van der Waals surface area contributed by atoms with Crippen molar-refractivity contribution < 1.29 is 9.47 Å². The van der Waals surface area contributed by atoms with Gasteiger partial charge in [-0.15, -0.1) is 0 Å². The highest BCUT2D eigenvalue weighted by Gasteiger charge is 2.25. The van der Waals surface area contributed by atoms with Gasteiger partial charge >= 0.3 is 0 Å². The lowest BCUT2D eigenvalue weighted by molar-refractivity contribution is 0.361. The van der Waals surface area contributed by atoms with Crippen LogP contribution in [0.1, 0.15) is 0 Å². The fourth-order valence-corrected chi connectivity index (χ4v) is 5.94. The monoisotopic (exact) mass is 512 g/mol. The Labute approximate surface area is 232 Å². The summed E-state index contributed by atoms with van der Waals surface area (Å²) in [5, 5.41) is 4.77. The Bertz CT molecular complexity index is 1980. The minimum absolute atomic E-state index is 0.727. The van der Waals surface area contributed by atoms with Gasteiger partial charge in [0.25, 0.3) is 0 Å². The lowest BCUT2D eigenvalue weighted by Crippen LogP contribution is -2.01. The largest absolute Gasteiger partial charge is 0.449 e. The lowest BCUT2D eigenvalue weighted by atomic mass is 9.85. The summed E-state index contributed by atoms with van der Waals surface area (Å²) >= 11 is 0. The normalized spacial score (nSPS) is 11.9. The maximum Gasteiger partial charge on any atom is 0.177 e. The molecule has 0 radical (unpaired) electrons. The van der Waals surface area contributed by atoms with Crippen molar-refractivity contribution in [1.29, 1.82) is 0 Å². The van der Waals surface area contributed by atoms with Crippen LogP contribution in [0.3, 0.4) is 0 Å². The summed E-state index contributed by atoms with van der Waals surface area (Å²) in [4.78, 5) is 0. The zero-order valence-corrected chi connectivity index (χ0v) is 21.7. The molecule has 188 valence electrons. The van der Waals surface area contributed by atoms with Gasteiger partial charge in [-0.2, -0.15) is 0 Å². The van der Waals surface area contributed by atoms with Crippen molar-refractivity contribution in [3.8, 4) is 56.4 Å². The molecule has 0 bridgehead atoms. The predicted octanol–water partition coefficient (Wildman–Crippen LogP) is 10.9. The van der Waals surface area contributed by atoms with Gasteiger partial charge in [-0.3, -0.25) is 0 Å². The van der Waals surface area contributed by atoms with E-state index in [1.807, 2.05) is 36.4 Å². The molecular formula is C38H24O2. The first-order chi connectivity index (χ1) is 19.8. The lowest BCUT2D eigenvalue weighted by Gasteiger charge is -2.24. The van der Waals surface area contributed by atoms with Gasteiger partial charge in [0, 0.05) is 11.1 Å². The topological polar surface area (TPSA) is 18.5 Å². The van der Waals surface area contributed by atoms with Gasteiger partial charge in [-0.05, 0) is 62.0 Å². The molecule has 40 heavy (non-hydrogen) atoms. The van der Waals surface area contributed by atoms with E-state index >= 15 is 0 Å². The minimum atomic E-state index is 0.727. The first-order valence-electron chi connectivity index (χ1n) is 13.5. The molecule has 0 spiro atoms. The second kappa shape index (κ2) is 9.14. The van der Waals surface area contributed by atoms with Crippen LogP contribution in [0.15, 0.2) is 146 Å². The van der Waals surface area contributed by atoms with E-state index in [4.69, 9.17) is 9.47 Å². The smallest absolute Gasteiger partial charge is 0.177 e. The predicted molar refractivity (Wildman–Crippen MR) is 164 cm³/mol. The SMILES string of the molecule is c1ccc(-c2ccc(-c3c4ccccc4c(-c4cccc5c4Oc4ccccc4O5)c4ccccc34)cc2)cc1. The van der Waals surface area contributed by atoms with Crippen LogP contribution in [0.2, 0.25) is 0 Å². The van der Waals surface area contributed by atoms with Crippen molar-refractivity contribution in [2.24, 2.45) is 0 Å². The van der Waals surface area contributed by atoms with Crippen molar-refractivity contribution in [1.82, 2.24) is 0 Å². The Morgan fingerprint density at radius 3 is 1.43 bits per heavy atom. The van der Waals surface area contributed by atoms with Gasteiger partial charge in [-0.1, -0.05) is 127 Å². The van der Waals surface area contributed by atoms with Crippen LogP contribution in [0.25, 0.3) is 54.9 Å². The van der Waals surface area contributed by atoms with E-state index in [1.165, 1.54) is 43.8 Å². The first-order valence-corrected chi connectivity index (χ1v) is 13.5. The molecule has 0 aliphatic carbocycles. The molecule has 1 aliphatic heterocycles. The van der Waals surface area contributed by atoms with Crippen LogP contribution in [0.4, 0.5) is 0 Å². The molecule has 7 aromatic rings. The second-order valence-corrected chi connectivity index (χ2v) is 10.1. The number of benzene rings is 7.